The molecule has 5 N–H and O–H groups in total. The van der Waals surface area contributed by atoms with E-state index in [-0.39, 0.29) is 13.2 Å². The van der Waals surface area contributed by atoms with Gasteiger partial charge in [0, 0.05) is 31.6 Å². The predicted octanol–water partition coefficient (Wildman–Crippen LogP) is -2.33. The van der Waals surface area contributed by atoms with Gasteiger partial charge in [-0.05, 0) is 7.05 Å². The van der Waals surface area contributed by atoms with Gasteiger partial charge in [0.2, 0.25) is 0 Å². The first-order chi connectivity index (χ1) is 7.42. The van der Waals surface area contributed by atoms with Crippen LogP contribution in [0.3, 0.4) is 0 Å². The number of aliphatic hydroxyl groups excluding tert-OH is 3. The van der Waals surface area contributed by atoms with Crippen LogP contribution in [-0.2, 0) is 10.1 Å². The summed E-state index contributed by atoms with van der Waals surface area (Å²) in [5, 5.41) is 28.3. The van der Waals surface area contributed by atoms with Gasteiger partial charge >= 0.3 is 0 Å². The molecule has 8 heteroatoms. The van der Waals surface area contributed by atoms with Crippen LogP contribution < -0.4 is 5.32 Å². The molecule has 0 aromatic rings. The molecule has 0 aliphatic carbocycles. The van der Waals surface area contributed by atoms with Gasteiger partial charge in [-0.15, -0.1) is 0 Å². The molecule has 0 amide bonds. The minimum absolute atomic E-state index is 0.272. The third-order valence-electron chi connectivity index (χ3n) is 2.56. The smallest absolute Gasteiger partial charge is 0.270 e. The SMILES string of the molecule is CNCC(CO)C(CO)C(CO)S(=O)(=O)O. The first kappa shape index (κ1) is 15.8. The molecule has 7 nitrogen and oxygen atoms in total. The summed E-state index contributed by atoms with van der Waals surface area (Å²) in [6.45, 7) is -1.42. The Morgan fingerprint density at radius 3 is 1.94 bits per heavy atom. The van der Waals surface area contributed by atoms with Crippen LogP contribution in [-0.4, -0.2) is 67.0 Å². The Kier molecular flexibility index (Phi) is 7.04. The van der Waals surface area contributed by atoms with E-state index in [9.17, 15) is 8.42 Å². The highest BCUT2D eigenvalue weighted by Crippen LogP contribution is 2.20. The zero-order valence-electron chi connectivity index (χ0n) is 9.07. The molecule has 3 atom stereocenters. The van der Waals surface area contributed by atoms with E-state index >= 15 is 0 Å². The Bertz CT molecular complexity index is 280. The molecule has 0 aromatic carbocycles. The molecule has 0 saturated carbocycles. The minimum atomic E-state index is -4.45. The van der Waals surface area contributed by atoms with E-state index in [2.05, 4.69) is 5.32 Å². The molecule has 0 fully saturated rings. The van der Waals surface area contributed by atoms with Crippen LogP contribution >= 0.6 is 0 Å². The van der Waals surface area contributed by atoms with Gasteiger partial charge in [0.15, 0.2) is 0 Å². The summed E-state index contributed by atoms with van der Waals surface area (Å²) in [6, 6.07) is 0. The molecule has 0 aliphatic heterocycles. The van der Waals surface area contributed by atoms with Gasteiger partial charge in [-0.3, -0.25) is 4.55 Å². The maximum Gasteiger partial charge on any atom is 0.270 e. The third-order valence-corrected chi connectivity index (χ3v) is 3.82. The summed E-state index contributed by atoms with van der Waals surface area (Å²) in [5.41, 5.74) is 0. The Morgan fingerprint density at radius 2 is 1.69 bits per heavy atom. The quantitative estimate of drug-likeness (QED) is 0.309. The van der Waals surface area contributed by atoms with Gasteiger partial charge in [0.1, 0.15) is 5.25 Å². The second kappa shape index (κ2) is 7.15. The van der Waals surface area contributed by atoms with Crippen molar-refractivity contribution in [3.05, 3.63) is 0 Å². The fraction of sp³-hybridized carbons (Fsp3) is 1.00. The lowest BCUT2D eigenvalue weighted by Gasteiger charge is -2.28. The number of hydrogen-bond donors (Lipinski definition) is 5. The normalized spacial score (nSPS) is 18.1. The molecule has 0 spiro atoms. The van der Waals surface area contributed by atoms with E-state index < -0.39 is 40.4 Å². The summed E-state index contributed by atoms with van der Waals surface area (Å²) < 4.78 is 30.8. The molecule has 0 aromatic heterocycles. The summed E-state index contributed by atoms with van der Waals surface area (Å²) >= 11 is 0. The van der Waals surface area contributed by atoms with E-state index in [0.29, 0.717) is 0 Å². The van der Waals surface area contributed by atoms with Crippen molar-refractivity contribution in [2.24, 2.45) is 11.8 Å². The number of nitrogens with one attached hydrogen (secondary N) is 1. The van der Waals surface area contributed by atoms with Gasteiger partial charge in [-0.2, -0.15) is 8.42 Å². The highest BCUT2D eigenvalue weighted by atomic mass is 32.2. The second-order valence-corrected chi connectivity index (χ2v) is 5.22. The Morgan fingerprint density at radius 1 is 1.12 bits per heavy atom. The molecule has 0 saturated heterocycles. The van der Waals surface area contributed by atoms with Crippen molar-refractivity contribution >= 4 is 10.1 Å². The molecular weight excluding hydrogens is 238 g/mol. The van der Waals surface area contributed by atoms with E-state index in [4.69, 9.17) is 19.9 Å². The first-order valence-corrected chi connectivity index (χ1v) is 6.36. The molecule has 3 unspecified atom stereocenters. The Balaban J connectivity index is 4.92. The molecule has 0 aliphatic rings. The fourth-order valence-corrected chi connectivity index (χ4v) is 2.57. The van der Waals surface area contributed by atoms with Crippen molar-refractivity contribution in [3.8, 4) is 0 Å². The van der Waals surface area contributed by atoms with E-state index in [0.717, 1.165) is 0 Å². The van der Waals surface area contributed by atoms with Gasteiger partial charge in [0.25, 0.3) is 10.1 Å². The van der Waals surface area contributed by atoms with Crippen LogP contribution in [0.25, 0.3) is 0 Å². The Hall–Kier alpha value is -0.250. The van der Waals surface area contributed by atoms with Crippen molar-refractivity contribution < 1.29 is 28.3 Å². The largest absolute Gasteiger partial charge is 0.396 e. The summed E-state index contributed by atoms with van der Waals surface area (Å²) in [5.74, 6) is -1.48. The maximum absolute atomic E-state index is 11.0. The van der Waals surface area contributed by atoms with Crippen LogP contribution in [0.5, 0.6) is 0 Å². The summed E-state index contributed by atoms with van der Waals surface area (Å²) in [6.07, 6.45) is 0. The number of hydrogen-bond acceptors (Lipinski definition) is 6. The fourth-order valence-electron chi connectivity index (χ4n) is 1.63. The van der Waals surface area contributed by atoms with Gasteiger partial charge in [0.05, 0.1) is 6.61 Å². The van der Waals surface area contributed by atoms with Gasteiger partial charge in [-0.25, -0.2) is 0 Å². The molecule has 16 heavy (non-hydrogen) atoms. The van der Waals surface area contributed by atoms with Gasteiger partial charge < -0.3 is 20.6 Å². The molecule has 0 bridgehead atoms. The van der Waals surface area contributed by atoms with E-state index in [1.54, 1.807) is 7.05 Å². The van der Waals surface area contributed by atoms with E-state index in [1.807, 2.05) is 0 Å². The number of rotatable bonds is 8. The van der Waals surface area contributed by atoms with Crippen LogP contribution in [0.15, 0.2) is 0 Å². The lowest BCUT2D eigenvalue weighted by atomic mass is 9.90. The van der Waals surface area contributed by atoms with Crippen molar-refractivity contribution in [2.75, 3.05) is 33.4 Å². The molecule has 0 rings (SSSR count). The minimum Gasteiger partial charge on any atom is -0.396 e. The highest BCUT2D eigenvalue weighted by Gasteiger charge is 2.36. The molecule has 0 heterocycles. The zero-order chi connectivity index (χ0) is 12.8. The van der Waals surface area contributed by atoms with E-state index in [1.165, 1.54) is 0 Å². The summed E-state index contributed by atoms with van der Waals surface area (Å²) in [4.78, 5) is 0. The molecule has 98 valence electrons. The van der Waals surface area contributed by atoms with Crippen LogP contribution in [0.2, 0.25) is 0 Å². The van der Waals surface area contributed by atoms with Crippen LogP contribution in [0.4, 0.5) is 0 Å². The van der Waals surface area contributed by atoms with Crippen LogP contribution in [0, 0.1) is 11.8 Å². The highest BCUT2D eigenvalue weighted by molar-refractivity contribution is 7.86. The Labute approximate surface area is 94.9 Å². The summed E-state index contributed by atoms with van der Waals surface area (Å²) in [7, 11) is -2.84. The lowest BCUT2D eigenvalue weighted by molar-refractivity contribution is 0.0989. The standard InChI is InChI=1S/C8H19NO6S/c1-9-2-6(3-10)7(4-11)8(5-12)16(13,14)15/h6-12H,2-5H2,1H3,(H,13,14,15). The van der Waals surface area contributed by atoms with Crippen LogP contribution in [0.1, 0.15) is 0 Å². The number of aliphatic hydroxyl groups is 3. The molecular formula is C8H19NO6S. The molecule has 0 radical (unpaired) electrons. The van der Waals surface area contributed by atoms with Crippen molar-refractivity contribution in [3.63, 3.8) is 0 Å². The monoisotopic (exact) mass is 257 g/mol. The van der Waals surface area contributed by atoms with Crippen molar-refractivity contribution in [1.82, 2.24) is 5.32 Å². The first-order valence-electron chi connectivity index (χ1n) is 4.85. The maximum atomic E-state index is 11.0. The second-order valence-electron chi connectivity index (χ2n) is 3.58. The lowest BCUT2D eigenvalue weighted by Crippen LogP contribution is -2.43. The third kappa shape index (κ3) is 4.32. The zero-order valence-corrected chi connectivity index (χ0v) is 9.89. The van der Waals surface area contributed by atoms with Crippen molar-refractivity contribution in [1.29, 1.82) is 0 Å². The van der Waals surface area contributed by atoms with Gasteiger partial charge in [-0.1, -0.05) is 0 Å². The topological polar surface area (TPSA) is 127 Å². The average molecular weight is 257 g/mol. The predicted molar refractivity (Wildman–Crippen MR) is 57.5 cm³/mol. The average Bonchev–Trinajstić information content (AvgIpc) is 2.21. The van der Waals surface area contributed by atoms with Crippen molar-refractivity contribution in [2.45, 2.75) is 5.25 Å².